The molecule has 2 aromatic rings. The van der Waals surface area contributed by atoms with Crippen molar-refractivity contribution in [3.05, 3.63) is 8.95 Å². The van der Waals surface area contributed by atoms with Gasteiger partial charge in [-0.05, 0) is 51.6 Å². The van der Waals surface area contributed by atoms with Gasteiger partial charge in [0.25, 0.3) is 0 Å². The van der Waals surface area contributed by atoms with Crippen LogP contribution in [-0.4, -0.2) is 28.2 Å². The van der Waals surface area contributed by atoms with Crippen molar-refractivity contribution >= 4 is 42.9 Å². The number of fused-ring (bicyclic) bond motifs is 1. The monoisotopic (exact) mass is 419 g/mol. The quantitative estimate of drug-likeness (QED) is 0.694. The highest BCUT2D eigenvalue weighted by molar-refractivity contribution is 9.11. The first kappa shape index (κ1) is 16.5. The highest BCUT2D eigenvalue weighted by Gasteiger charge is 2.23. The Morgan fingerprint density at radius 1 is 0.952 bits per heavy atom. The standard InChI is InChI=1S/C14H19Br2N3O2/c1-5-20-13-9(15)11-12(10(16)14(13)21-6-2)18-19(17-11)7-8(3)4/h8H,5-7H2,1-4H3. The lowest BCUT2D eigenvalue weighted by Crippen LogP contribution is -2.07. The van der Waals surface area contributed by atoms with Gasteiger partial charge in [-0.1, -0.05) is 13.8 Å². The number of nitrogens with zero attached hydrogens (tertiary/aromatic N) is 3. The predicted octanol–water partition coefficient (Wildman–Crippen LogP) is 4.41. The van der Waals surface area contributed by atoms with Crippen LogP contribution < -0.4 is 9.47 Å². The highest BCUT2D eigenvalue weighted by Crippen LogP contribution is 2.46. The topological polar surface area (TPSA) is 49.2 Å². The number of aromatic nitrogens is 3. The van der Waals surface area contributed by atoms with Crippen molar-refractivity contribution in [1.29, 1.82) is 0 Å². The summed E-state index contributed by atoms with van der Waals surface area (Å²) in [6, 6.07) is 0. The first-order valence-electron chi connectivity index (χ1n) is 7.00. The molecule has 0 bridgehead atoms. The minimum Gasteiger partial charge on any atom is -0.489 e. The molecule has 1 aromatic heterocycles. The fourth-order valence-corrected chi connectivity index (χ4v) is 3.14. The first-order valence-corrected chi connectivity index (χ1v) is 8.59. The Kier molecular flexibility index (Phi) is 5.48. The Balaban J connectivity index is 2.65. The number of hydrogen-bond donors (Lipinski definition) is 0. The molecule has 1 aromatic carbocycles. The summed E-state index contributed by atoms with van der Waals surface area (Å²) in [6.45, 7) is 10.0. The van der Waals surface area contributed by atoms with E-state index in [0.29, 0.717) is 30.6 Å². The zero-order valence-corrected chi connectivity index (χ0v) is 15.8. The number of rotatable bonds is 6. The zero-order valence-electron chi connectivity index (χ0n) is 12.6. The lowest BCUT2D eigenvalue weighted by molar-refractivity contribution is 0.285. The molecule has 0 aliphatic carbocycles. The fraction of sp³-hybridized carbons (Fsp3) is 0.571. The molecule has 0 fully saturated rings. The lowest BCUT2D eigenvalue weighted by Gasteiger charge is -2.14. The van der Waals surface area contributed by atoms with Gasteiger partial charge in [-0.15, -0.1) is 0 Å². The van der Waals surface area contributed by atoms with Crippen LogP contribution in [0.5, 0.6) is 11.5 Å². The van der Waals surface area contributed by atoms with Gasteiger partial charge in [0.15, 0.2) is 11.5 Å². The second-order valence-corrected chi connectivity index (χ2v) is 6.58. The summed E-state index contributed by atoms with van der Waals surface area (Å²) in [5.41, 5.74) is 1.55. The smallest absolute Gasteiger partial charge is 0.178 e. The molecule has 0 saturated heterocycles. The molecule has 5 nitrogen and oxygen atoms in total. The number of hydrogen-bond acceptors (Lipinski definition) is 4. The Labute approximate surface area is 141 Å². The van der Waals surface area contributed by atoms with Crippen LogP contribution >= 0.6 is 31.9 Å². The second kappa shape index (κ2) is 6.96. The summed E-state index contributed by atoms with van der Waals surface area (Å²) in [4.78, 5) is 1.72. The molecular weight excluding hydrogens is 402 g/mol. The maximum absolute atomic E-state index is 5.72. The summed E-state index contributed by atoms with van der Waals surface area (Å²) >= 11 is 7.15. The fourth-order valence-electron chi connectivity index (χ4n) is 2.01. The van der Waals surface area contributed by atoms with Crippen LogP contribution in [0.25, 0.3) is 11.0 Å². The lowest BCUT2D eigenvalue weighted by atomic mass is 10.2. The Bertz CT molecular complexity index is 592. The molecule has 0 aliphatic heterocycles. The molecule has 0 saturated carbocycles. The zero-order chi connectivity index (χ0) is 15.6. The molecular formula is C14H19Br2N3O2. The van der Waals surface area contributed by atoms with Gasteiger partial charge in [0.1, 0.15) is 11.0 Å². The van der Waals surface area contributed by atoms with Crippen molar-refractivity contribution in [1.82, 2.24) is 15.0 Å². The number of halogens is 2. The van der Waals surface area contributed by atoms with Crippen molar-refractivity contribution in [3.63, 3.8) is 0 Å². The maximum Gasteiger partial charge on any atom is 0.178 e. The van der Waals surface area contributed by atoms with Gasteiger partial charge >= 0.3 is 0 Å². The van der Waals surface area contributed by atoms with E-state index >= 15 is 0 Å². The van der Waals surface area contributed by atoms with E-state index in [0.717, 1.165) is 26.5 Å². The average molecular weight is 421 g/mol. The number of benzene rings is 1. The highest BCUT2D eigenvalue weighted by atomic mass is 79.9. The van der Waals surface area contributed by atoms with Crippen LogP contribution in [0.4, 0.5) is 0 Å². The third-order valence-electron chi connectivity index (χ3n) is 2.78. The Morgan fingerprint density at radius 3 is 1.71 bits per heavy atom. The van der Waals surface area contributed by atoms with Gasteiger partial charge in [-0.3, -0.25) is 0 Å². The molecule has 1 heterocycles. The molecule has 2 rings (SSSR count). The van der Waals surface area contributed by atoms with Crippen molar-refractivity contribution in [2.24, 2.45) is 5.92 Å². The van der Waals surface area contributed by atoms with Gasteiger partial charge in [-0.25, -0.2) is 0 Å². The number of ether oxygens (including phenoxy) is 2. The summed E-state index contributed by atoms with van der Waals surface area (Å²) in [6.07, 6.45) is 0. The van der Waals surface area contributed by atoms with Gasteiger partial charge in [-0.2, -0.15) is 15.0 Å². The van der Waals surface area contributed by atoms with Crippen molar-refractivity contribution in [2.75, 3.05) is 13.2 Å². The normalized spacial score (nSPS) is 11.4. The van der Waals surface area contributed by atoms with Gasteiger partial charge < -0.3 is 9.47 Å². The van der Waals surface area contributed by atoms with Gasteiger partial charge in [0.05, 0.1) is 28.7 Å². The third-order valence-corrected chi connectivity index (χ3v) is 4.25. The van der Waals surface area contributed by atoms with Gasteiger partial charge in [0, 0.05) is 0 Å². The molecule has 0 amide bonds. The van der Waals surface area contributed by atoms with Crippen molar-refractivity contribution < 1.29 is 9.47 Å². The second-order valence-electron chi connectivity index (χ2n) is 5.00. The molecule has 0 unspecified atom stereocenters. The summed E-state index contributed by atoms with van der Waals surface area (Å²) in [5.74, 6) is 1.80. The molecule has 21 heavy (non-hydrogen) atoms. The molecule has 0 atom stereocenters. The minimum atomic E-state index is 0.474. The van der Waals surface area contributed by atoms with Crippen LogP contribution in [0, 0.1) is 5.92 Å². The Hall–Kier alpha value is -0.820. The van der Waals surface area contributed by atoms with E-state index in [1.807, 2.05) is 13.8 Å². The van der Waals surface area contributed by atoms with Crippen LogP contribution in [0.2, 0.25) is 0 Å². The molecule has 0 N–H and O–H groups in total. The minimum absolute atomic E-state index is 0.474. The predicted molar refractivity (Wildman–Crippen MR) is 90.1 cm³/mol. The molecule has 7 heteroatoms. The maximum atomic E-state index is 5.72. The van der Waals surface area contributed by atoms with E-state index in [4.69, 9.17) is 9.47 Å². The van der Waals surface area contributed by atoms with Crippen LogP contribution in [0.3, 0.4) is 0 Å². The molecule has 0 radical (unpaired) electrons. The molecule has 0 aliphatic rings. The van der Waals surface area contributed by atoms with Crippen molar-refractivity contribution in [3.8, 4) is 11.5 Å². The molecule has 116 valence electrons. The largest absolute Gasteiger partial charge is 0.489 e. The van der Waals surface area contributed by atoms with E-state index in [9.17, 15) is 0 Å². The van der Waals surface area contributed by atoms with E-state index < -0.39 is 0 Å². The third kappa shape index (κ3) is 3.34. The molecule has 0 spiro atoms. The van der Waals surface area contributed by atoms with E-state index in [-0.39, 0.29) is 0 Å². The van der Waals surface area contributed by atoms with E-state index in [1.165, 1.54) is 0 Å². The summed E-state index contributed by atoms with van der Waals surface area (Å²) in [7, 11) is 0. The van der Waals surface area contributed by atoms with Crippen molar-refractivity contribution in [2.45, 2.75) is 34.2 Å². The van der Waals surface area contributed by atoms with Crippen LogP contribution in [0.1, 0.15) is 27.7 Å². The van der Waals surface area contributed by atoms with Gasteiger partial charge in [0.2, 0.25) is 0 Å². The Morgan fingerprint density at radius 2 is 1.38 bits per heavy atom. The summed E-state index contributed by atoms with van der Waals surface area (Å²) < 4.78 is 13.0. The van der Waals surface area contributed by atoms with Crippen LogP contribution in [-0.2, 0) is 6.54 Å². The SMILES string of the molecule is CCOc1c(OCC)c(Br)c2nn(CC(C)C)nc2c1Br. The average Bonchev–Trinajstić information content (AvgIpc) is 2.83. The van der Waals surface area contributed by atoms with E-state index in [1.54, 1.807) is 4.80 Å². The first-order chi connectivity index (χ1) is 9.99. The van der Waals surface area contributed by atoms with Crippen LogP contribution in [0.15, 0.2) is 8.95 Å². The summed E-state index contributed by atoms with van der Waals surface area (Å²) in [5, 5.41) is 9.10. The van der Waals surface area contributed by atoms with E-state index in [2.05, 4.69) is 55.9 Å².